The van der Waals surface area contributed by atoms with Gasteiger partial charge in [-0.2, -0.15) is 0 Å². The molecule has 1 fully saturated rings. The topological polar surface area (TPSA) is 47.3 Å². The van der Waals surface area contributed by atoms with Gasteiger partial charge in [0.15, 0.2) is 0 Å². The van der Waals surface area contributed by atoms with Crippen LogP contribution in [0.4, 0.5) is 11.4 Å². The van der Waals surface area contributed by atoms with Gasteiger partial charge in [-0.05, 0) is 31.4 Å². The molecule has 15 heavy (non-hydrogen) atoms. The second-order valence-corrected chi connectivity index (χ2v) is 4.15. The summed E-state index contributed by atoms with van der Waals surface area (Å²) in [5, 5.41) is 3.46. The Morgan fingerprint density at radius 2 is 2.27 bits per heavy atom. The van der Waals surface area contributed by atoms with Crippen molar-refractivity contribution in [2.24, 2.45) is 5.92 Å². The fourth-order valence-electron chi connectivity index (χ4n) is 1.64. The highest BCUT2D eigenvalue weighted by molar-refractivity contribution is 5.61. The zero-order chi connectivity index (χ0) is 10.8. The fraction of sp³-hybridized carbons (Fsp3) is 0.500. The summed E-state index contributed by atoms with van der Waals surface area (Å²) >= 11 is 0. The number of ether oxygens (including phenoxy) is 1. The highest BCUT2D eigenvalue weighted by atomic mass is 16.5. The van der Waals surface area contributed by atoms with E-state index in [1.165, 1.54) is 6.42 Å². The lowest BCUT2D eigenvalue weighted by molar-refractivity contribution is 0.342. The molecular weight excluding hydrogens is 188 g/mol. The van der Waals surface area contributed by atoms with Crippen molar-refractivity contribution in [3.05, 3.63) is 18.2 Å². The maximum absolute atomic E-state index is 5.80. The van der Waals surface area contributed by atoms with Crippen LogP contribution >= 0.6 is 0 Å². The van der Waals surface area contributed by atoms with E-state index >= 15 is 0 Å². The average molecular weight is 206 g/mol. The van der Waals surface area contributed by atoms with Gasteiger partial charge >= 0.3 is 0 Å². The highest BCUT2D eigenvalue weighted by Crippen LogP contribution is 2.34. The lowest BCUT2D eigenvalue weighted by Gasteiger charge is -2.10. The minimum atomic E-state index is 0.628. The molecule has 3 heteroatoms. The van der Waals surface area contributed by atoms with Crippen LogP contribution < -0.4 is 15.8 Å². The van der Waals surface area contributed by atoms with Gasteiger partial charge in [-0.1, -0.05) is 6.92 Å². The van der Waals surface area contributed by atoms with Gasteiger partial charge in [-0.25, -0.2) is 0 Å². The maximum Gasteiger partial charge on any atom is 0.144 e. The monoisotopic (exact) mass is 206 g/mol. The van der Waals surface area contributed by atoms with Gasteiger partial charge in [0.05, 0.1) is 12.3 Å². The molecule has 2 atom stereocenters. The van der Waals surface area contributed by atoms with E-state index in [0.717, 1.165) is 17.4 Å². The molecule has 1 aliphatic rings. The Morgan fingerprint density at radius 1 is 1.53 bits per heavy atom. The predicted molar refractivity (Wildman–Crippen MR) is 63.2 cm³/mol. The summed E-state index contributed by atoms with van der Waals surface area (Å²) in [5.41, 5.74) is 7.60. The molecule has 82 valence electrons. The van der Waals surface area contributed by atoms with Crippen LogP contribution in [0.1, 0.15) is 20.3 Å². The van der Waals surface area contributed by atoms with Crippen LogP contribution in [0.15, 0.2) is 18.2 Å². The van der Waals surface area contributed by atoms with Crippen LogP contribution in [0.2, 0.25) is 0 Å². The molecule has 0 spiro atoms. The van der Waals surface area contributed by atoms with Crippen LogP contribution in [0, 0.1) is 5.92 Å². The third-order valence-electron chi connectivity index (χ3n) is 2.77. The number of nitrogens with one attached hydrogen (secondary N) is 1. The summed E-state index contributed by atoms with van der Waals surface area (Å²) in [6, 6.07) is 6.50. The molecule has 0 amide bonds. The Balaban J connectivity index is 2.07. The zero-order valence-corrected chi connectivity index (χ0v) is 9.29. The molecule has 3 N–H and O–H groups in total. The summed E-state index contributed by atoms with van der Waals surface area (Å²) in [6.07, 6.45) is 1.26. The number of nitrogens with two attached hydrogens (primary N) is 1. The maximum atomic E-state index is 5.80. The van der Waals surface area contributed by atoms with Crippen molar-refractivity contribution in [2.75, 3.05) is 17.7 Å². The van der Waals surface area contributed by atoms with Crippen molar-refractivity contribution in [1.82, 2.24) is 0 Å². The Hall–Kier alpha value is -1.38. The molecule has 1 aliphatic carbocycles. The average Bonchev–Trinajstić information content (AvgIpc) is 2.88. The Kier molecular flexibility index (Phi) is 2.71. The van der Waals surface area contributed by atoms with Crippen LogP contribution in [0.25, 0.3) is 0 Å². The molecule has 0 bridgehead atoms. The number of rotatable bonds is 4. The zero-order valence-electron chi connectivity index (χ0n) is 9.29. The fourth-order valence-corrected chi connectivity index (χ4v) is 1.64. The van der Waals surface area contributed by atoms with Gasteiger partial charge in [0, 0.05) is 17.8 Å². The number of anilines is 2. The number of hydrogen-bond acceptors (Lipinski definition) is 3. The second kappa shape index (κ2) is 4.01. The van der Waals surface area contributed by atoms with Crippen molar-refractivity contribution in [3.63, 3.8) is 0 Å². The van der Waals surface area contributed by atoms with Crippen molar-refractivity contribution >= 4 is 11.4 Å². The van der Waals surface area contributed by atoms with Crippen molar-refractivity contribution in [1.29, 1.82) is 0 Å². The first-order valence-corrected chi connectivity index (χ1v) is 5.49. The summed E-state index contributed by atoms with van der Waals surface area (Å²) in [7, 11) is 0. The van der Waals surface area contributed by atoms with E-state index in [9.17, 15) is 0 Å². The Labute approximate surface area is 90.6 Å². The third kappa shape index (κ3) is 2.35. The molecule has 2 rings (SSSR count). The quantitative estimate of drug-likeness (QED) is 0.744. The smallest absolute Gasteiger partial charge is 0.144 e. The first-order valence-electron chi connectivity index (χ1n) is 5.49. The van der Waals surface area contributed by atoms with E-state index in [4.69, 9.17) is 10.5 Å². The largest absolute Gasteiger partial charge is 0.492 e. The Bertz CT molecular complexity index is 351. The molecule has 0 aromatic heterocycles. The second-order valence-electron chi connectivity index (χ2n) is 4.15. The first kappa shape index (κ1) is 10.1. The molecule has 0 heterocycles. The van der Waals surface area contributed by atoms with Gasteiger partial charge in [0.25, 0.3) is 0 Å². The van der Waals surface area contributed by atoms with E-state index in [1.54, 1.807) is 0 Å². The molecule has 0 saturated heterocycles. The standard InChI is InChI=1S/C12H18N2O/c1-3-15-12-7-9(4-5-10(12)13)14-11-6-8(11)2/h4-5,7-8,11,14H,3,6,13H2,1-2H3. The van der Waals surface area contributed by atoms with E-state index in [2.05, 4.69) is 12.2 Å². The first-order chi connectivity index (χ1) is 7.20. The van der Waals surface area contributed by atoms with Gasteiger partial charge in [-0.3, -0.25) is 0 Å². The summed E-state index contributed by atoms with van der Waals surface area (Å²) in [4.78, 5) is 0. The van der Waals surface area contributed by atoms with Gasteiger partial charge in [0.1, 0.15) is 5.75 Å². The molecule has 1 aromatic rings. The summed E-state index contributed by atoms with van der Waals surface area (Å²) in [6.45, 7) is 4.86. The molecule has 0 aliphatic heterocycles. The van der Waals surface area contributed by atoms with E-state index in [-0.39, 0.29) is 0 Å². The van der Waals surface area contributed by atoms with E-state index in [1.807, 2.05) is 25.1 Å². The normalized spacial score (nSPS) is 23.6. The molecule has 1 aromatic carbocycles. The van der Waals surface area contributed by atoms with Crippen molar-refractivity contribution < 1.29 is 4.74 Å². The summed E-state index contributed by atoms with van der Waals surface area (Å²) in [5.74, 6) is 1.56. The molecule has 1 saturated carbocycles. The molecule has 0 radical (unpaired) electrons. The van der Waals surface area contributed by atoms with Crippen molar-refractivity contribution in [2.45, 2.75) is 26.3 Å². The lowest BCUT2D eigenvalue weighted by Crippen LogP contribution is -2.04. The van der Waals surface area contributed by atoms with E-state index < -0.39 is 0 Å². The number of hydrogen-bond donors (Lipinski definition) is 2. The molecule has 3 nitrogen and oxygen atoms in total. The predicted octanol–water partition coefficient (Wildman–Crippen LogP) is 2.49. The number of benzene rings is 1. The third-order valence-corrected chi connectivity index (χ3v) is 2.77. The number of nitrogen functional groups attached to an aromatic ring is 1. The van der Waals surface area contributed by atoms with Crippen molar-refractivity contribution in [3.8, 4) is 5.75 Å². The van der Waals surface area contributed by atoms with Gasteiger partial charge < -0.3 is 15.8 Å². The molecular formula is C12H18N2O. The van der Waals surface area contributed by atoms with E-state index in [0.29, 0.717) is 18.3 Å². The van der Waals surface area contributed by atoms with Crippen LogP contribution in [-0.2, 0) is 0 Å². The highest BCUT2D eigenvalue weighted by Gasteiger charge is 2.32. The summed E-state index contributed by atoms with van der Waals surface area (Å²) < 4.78 is 5.44. The minimum absolute atomic E-state index is 0.628. The van der Waals surface area contributed by atoms with Gasteiger partial charge in [-0.15, -0.1) is 0 Å². The van der Waals surface area contributed by atoms with Crippen LogP contribution in [0.3, 0.4) is 0 Å². The SMILES string of the molecule is CCOc1cc(NC2CC2C)ccc1N. The minimum Gasteiger partial charge on any atom is -0.492 e. The molecule has 2 unspecified atom stereocenters. The van der Waals surface area contributed by atoms with Crippen LogP contribution in [-0.4, -0.2) is 12.6 Å². The van der Waals surface area contributed by atoms with Gasteiger partial charge in [0.2, 0.25) is 0 Å². The Morgan fingerprint density at radius 3 is 2.87 bits per heavy atom. The lowest BCUT2D eigenvalue weighted by atomic mass is 10.2. The van der Waals surface area contributed by atoms with Crippen LogP contribution in [0.5, 0.6) is 5.75 Å².